The maximum absolute atomic E-state index is 14.4. The Balaban J connectivity index is 0.994. The molecule has 4 fully saturated rings. The van der Waals surface area contributed by atoms with Crippen LogP contribution in [0.3, 0.4) is 0 Å². The third kappa shape index (κ3) is 7.31. The van der Waals surface area contributed by atoms with Crippen LogP contribution in [-0.4, -0.2) is 156 Å². The topological polar surface area (TPSA) is 224 Å². The summed E-state index contributed by atoms with van der Waals surface area (Å²) in [6.45, 7) is 0.765. The lowest BCUT2D eigenvalue weighted by molar-refractivity contribution is -0.228. The van der Waals surface area contributed by atoms with Gasteiger partial charge in [-0.25, -0.2) is 4.79 Å². The highest BCUT2D eigenvalue weighted by Gasteiger charge is 2.61. The number of para-hydroxylation sites is 1. The normalized spacial score (nSPS) is 33.3. The molecule has 0 aliphatic carbocycles. The Hall–Kier alpha value is -4.00. The highest BCUT2D eigenvalue weighted by atomic mass is 16.6. The molecule has 8 rings (SSSR count). The Kier molecular flexibility index (Phi) is 11.6. The van der Waals surface area contributed by atoms with Gasteiger partial charge in [0.05, 0.1) is 36.9 Å². The van der Waals surface area contributed by atoms with E-state index >= 15 is 0 Å². The monoisotopic (exact) mass is 803 g/mol. The number of amides is 3. The first-order valence-electron chi connectivity index (χ1n) is 20.2. The van der Waals surface area contributed by atoms with Crippen molar-refractivity contribution in [3.05, 3.63) is 101 Å². The van der Waals surface area contributed by atoms with Crippen molar-refractivity contribution in [1.82, 2.24) is 9.80 Å². The molecule has 0 radical (unpaired) electrons. The number of anilines is 1. The minimum atomic E-state index is -1.47. The molecule has 5 heterocycles. The summed E-state index contributed by atoms with van der Waals surface area (Å²) in [6.07, 6.45) is -9.98. The SMILES string of the molecule is O=C(N1CCC2(CC1)C(=O)N(Cc1ccc(CC3OC(CO)C(O)C(O)C3O)cc1)C2c1ccc(CC2OC(CO)C(O)C(O)C2O)cc1)N1CCc2ccccc21. The van der Waals surface area contributed by atoms with Gasteiger partial charge < -0.3 is 60.1 Å². The summed E-state index contributed by atoms with van der Waals surface area (Å²) in [5.74, 6) is 0.00640. The number of rotatable bonds is 9. The molecule has 4 saturated heterocycles. The zero-order chi connectivity index (χ0) is 40.9. The number of carbonyl (C=O) groups is 2. The van der Waals surface area contributed by atoms with E-state index in [0.717, 1.165) is 39.9 Å². The highest BCUT2D eigenvalue weighted by Crippen LogP contribution is 2.56. The predicted molar refractivity (Wildman–Crippen MR) is 207 cm³/mol. The quantitative estimate of drug-likeness (QED) is 0.132. The number of carbonyl (C=O) groups excluding carboxylic acids is 2. The van der Waals surface area contributed by atoms with E-state index in [2.05, 4.69) is 0 Å². The third-order valence-corrected chi connectivity index (χ3v) is 13.1. The van der Waals surface area contributed by atoms with Crippen LogP contribution < -0.4 is 4.90 Å². The van der Waals surface area contributed by atoms with Gasteiger partial charge in [0.2, 0.25) is 5.91 Å². The van der Waals surface area contributed by atoms with Gasteiger partial charge in [-0.2, -0.15) is 0 Å². The van der Waals surface area contributed by atoms with Crippen molar-refractivity contribution in [2.75, 3.05) is 37.7 Å². The van der Waals surface area contributed by atoms with Crippen molar-refractivity contribution in [3.63, 3.8) is 0 Å². The van der Waals surface area contributed by atoms with E-state index in [1.54, 1.807) is 0 Å². The first-order chi connectivity index (χ1) is 27.9. The number of urea groups is 1. The average molecular weight is 804 g/mol. The van der Waals surface area contributed by atoms with Crippen LogP contribution in [-0.2, 0) is 40.1 Å². The molecular formula is C43H53N3O12. The second-order valence-electron chi connectivity index (χ2n) is 16.5. The summed E-state index contributed by atoms with van der Waals surface area (Å²) in [7, 11) is 0. The molecule has 15 heteroatoms. The smallest absolute Gasteiger partial charge is 0.324 e. The molecule has 5 aliphatic rings. The summed E-state index contributed by atoms with van der Waals surface area (Å²) < 4.78 is 11.4. The Bertz CT molecular complexity index is 1920. The maximum Gasteiger partial charge on any atom is 0.324 e. The van der Waals surface area contributed by atoms with Crippen molar-refractivity contribution in [2.24, 2.45) is 5.41 Å². The fourth-order valence-corrected chi connectivity index (χ4v) is 9.68. The minimum absolute atomic E-state index is 0.00640. The number of hydrogen-bond donors (Lipinski definition) is 8. The lowest BCUT2D eigenvalue weighted by atomic mass is 9.62. The fourth-order valence-electron chi connectivity index (χ4n) is 9.68. The second-order valence-corrected chi connectivity index (χ2v) is 16.5. The Morgan fingerprint density at radius 3 is 1.69 bits per heavy atom. The number of hydrogen-bond acceptors (Lipinski definition) is 12. The van der Waals surface area contributed by atoms with Crippen LogP contribution in [0, 0.1) is 5.41 Å². The van der Waals surface area contributed by atoms with E-state index in [1.165, 1.54) is 0 Å². The van der Waals surface area contributed by atoms with Crippen LogP contribution in [0.4, 0.5) is 10.5 Å². The fraction of sp³-hybridized carbons (Fsp3) is 0.535. The van der Waals surface area contributed by atoms with Gasteiger partial charge in [0, 0.05) is 44.7 Å². The van der Waals surface area contributed by atoms with Crippen LogP contribution in [0.1, 0.15) is 46.7 Å². The summed E-state index contributed by atoms with van der Waals surface area (Å²) >= 11 is 0. The molecule has 3 aromatic carbocycles. The Morgan fingerprint density at radius 2 is 1.14 bits per heavy atom. The number of β-lactam (4-membered cyclic amide) rings is 1. The van der Waals surface area contributed by atoms with Gasteiger partial charge in [-0.1, -0.05) is 66.7 Å². The average Bonchev–Trinajstić information content (AvgIpc) is 3.69. The zero-order valence-corrected chi connectivity index (χ0v) is 32.1. The van der Waals surface area contributed by atoms with E-state index < -0.39 is 79.7 Å². The van der Waals surface area contributed by atoms with Gasteiger partial charge in [0.25, 0.3) is 0 Å². The summed E-state index contributed by atoms with van der Waals surface area (Å²) in [4.78, 5) is 33.7. The van der Waals surface area contributed by atoms with E-state index in [9.17, 15) is 50.4 Å². The molecule has 0 saturated carbocycles. The van der Waals surface area contributed by atoms with Crippen LogP contribution in [0.15, 0.2) is 72.8 Å². The molecular weight excluding hydrogens is 750 g/mol. The molecule has 1 spiro atoms. The van der Waals surface area contributed by atoms with Gasteiger partial charge >= 0.3 is 6.03 Å². The van der Waals surface area contributed by atoms with E-state index in [-0.39, 0.29) is 30.8 Å². The standard InChI is InChI=1S/C43H53N3O12/c47-22-32-36(51)38(53)34(49)30(57-32)19-24-5-7-26(8-6-24)21-46-40(28-11-9-25(10-12-28)20-31-35(50)39(54)37(52)33(23-48)58-31)43(41(46)55)14-17-44(18-15-43)42(56)45-16-13-27-3-1-2-4-29(27)45/h1-12,30-40,47-54H,13-23H2. The molecule has 15 nitrogen and oxygen atoms in total. The van der Waals surface area contributed by atoms with E-state index in [4.69, 9.17) is 9.47 Å². The number of fused-ring (bicyclic) bond motifs is 1. The molecule has 0 bridgehead atoms. The number of piperidine rings is 1. The molecule has 58 heavy (non-hydrogen) atoms. The van der Waals surface area contributed by atoms with Gasteiger partial charge in [0.1, 0.15) is 48.8 Å². The molecule has 3 aromatic rings. The maximum atomic E-state index is 14.4. The molecule has 8 N–H and O–H groups in total. The third-order valence-electron chi connectivity index (χ3n) is 13.1. The summed E-state index contributed by atoms with van der Waals surface area (Å²) in [5.41, 5.74) is 4.70. The van der Waals surface area contributed by atoms with Crippen molar-refractivity contribution < 1.29 is 59.9 Å². The van der Waals surface area contributed by atoms with Gasteiger partial charge in [-0.15, -0.1) is 0 Å². The molecule has 312 valence electrons. The van der Waals surface area contributed by atoms with Gasteiger partial charge in [0.15, 0.2) is 0 Å². The molecule has 3 amide bonds. The molecule has 11 atom stereocenters. The lowest BCUT2D eigenvalue weighted by Gasteiger charge is -2.59. The van der Waals surface area contributed by atoms with Crippen molar-refractivity contribution in [1.29, 1.82) is 0 Å². The van der Waals surface area contributed by atoms with Crippen LogP contribution in [0.5, 0.6) is 0 Å². The van der Waals surface area contributed by atoms with Crippen molar-refractivity contribution >= 4 is 17.6 Å². The first-order valence-corrected chi connectivity index (χ1v) is 20.2. The van der Waals surface area contributed by atoms with E-state index in [0.29, 0.717) is 39.0 Å². The van der Waals surface area contributed by atoms with Gasteiger partial charge in [-0.3, -0.25) is 9.69 Å². The molecule has 5 aliphatic heterocycles. The number of nitrogens with zero attached hydrogens (tertiary/aromatic N) is 3. The van der Waals surface area contributed by atoms with Crippen LogP contribution in [0.2, 0.25) is 0 Å². The zero-order valence-electron chi connectivity index (χ0n) is 32.1. The largest absolute Gasteiger partial charge is 0.394 e. The Morgan fingerprint density at radius 1 is 0.638 bits per heavy atom. The number of ether oxygens (including phenoxy) is 2. The number of aliphatic hydroxyl groups is 8. The predicted octanol–water partition coefficient (Wildman–Crippen LogP) is -0.195. The van der Waals surface area contributed by atoms with E-state index in [1.807, 2.05) is 87.5 Å². The van der Waals surface area contributed by atoms with Crippen molar-refractivity contribution in [3.8, 4) is 0 Å². The summed E-state index contributed by atoms with van der Waals surface area (Å²) in [5, 5.41) is 81.4. The lowest BCUT2D eigenvalue weighted by Crippen LogP contribution is -2.66. The number of aliphatic hydroxyl groups excluding tert-OH is 8. The Labute approximate surface area is 336 Å². The number of benzene rings is 3. The van der Waals surface area contributed by atoms with Crippen molar-refractivity contribution in [2.45, 2.75) is 106 Å². The van der Waals surface area contributed by atoms with Crippen LogP contribution >= 0.6 is 0 Å². The number of likely N-dealkylation sites (tertiary alicyclic amines) is 2. The molecule has 0 aromatic heterocycles. The second kappa shape index (κ2) is 16.6. The van der Waals surface area contributed by atoms with Gasteiger partial charge in [-0.05, 0) is 53.1 Å². The summed E-state index contributed by atoms with van der Waals surface area (Å²) in [6, 6.07) is 22.8. The first kappa shape index (κ1) is 40.8. The molecule has 11 unspecified atom stereocenters. The van der Waals surface area contributed by atoms with Crippen LogP contribution in [0.25, 0.3) is 0 Å². The highest BCUT2D eigenvalue weighted by molar-refractivity contribution is 5.95. The minimum Gasteiger partial charge on any atom is -0.394 e.